The van der Waals surface area contributed by atoms with E-state index in [0.717, 1.165) is 47.0 Å². The van der Waals surface area contributed by atoms with Gasteiger partial charge in [0.2, 0.25) is 11.8 Å². The molecule has 174 valence electrons. The third kappa shape index (κ3) is 4.53. The Balaban J connectivity index is 1.80. The van der Waals surface area contributed by atoms with Gasteiger partial charge in [-0.3, -0.25) is 9.59 Å². The normalized spacial score (nSPS) is 13.0. The molecule has 8 heteroatoms. The van der Waals surface area contributed by atoms with E-state index in [1.165, 1.54) is 17.4 Å². The van der Waals surface area contributed by atoms with Crippen LogP contribution in [0.2, 0.25) is 0 Å². The number of thiophene rings is 1. The molecule has 1 aliphatic carbocycles. The van der Waals surface area contributed by atoms with Crippen molar-refractivity contribution in [3.05, 3.63) is 45.5 Å². The van der Waals surface area contributed by atoms with Gasteiger partial charge in [0.1, 0.15) is 11.4 Å². The van der Waals surface area contributed by atoms with E-state index in [1.54, 1.807) is 22.8 Å². The van der Waals surface area contributed by atoms with Crippen LogP contribution in [0.25, 0.3) is 10.2 Å². The van der Waals surface area contributed by atoms with Gasteiger partial charge in [0.15, 0.2) is 5.69 Å². The van der Waals surface area contributed by atoms with Gasteiger partial charge in [0.25, 0.3) is 0 Å². The van der Waals surface area contributed by atoms with E-state index in [-0.39, 0.29) is 30.7 Å². The number of fused-ring (bicyclic) bond motifs is 3. The van der Waals surface area contributed by atoms with Crippen LogP contribution < -0.4 is 10.6 Å². The zero-order valence-electron chi connectivity index (χ0n) is 19.5. The van der Waals surface area contributed by atoms with Gasteiger partial charge < -0.3 is 19.9 Å². The number of esters is 1. The third-order valence-corrected chi connectivity index (χ3v) is 7.33. The minimum Gasteiger partial charge on any atom is -0.461 e. The summed E-state index contributed by atoms with van der Waals surface area (Å²) in [5, 5.41) is 6.67. The number of hydrogen-bond donors (Lipinski definition) is 2. The van der Waals surface area contributed by atoms with Crippen molar-refractivity contribution < 1.29 is 19.1 Å². The van der Waals surface area contributed by atoms with Crippen molar-refractivity contribution in [1.29, 1.82) is 0 Å². The monoisotopic (exact) mass is 467 g/mol. The molecule has 2 aromatic heterocycles. The van der Waals surface area contributed by atoms with E-state index in [1.807, 2.05) is 32.0 Å². The van der Waals surface area contributed by atoms with Crippen LogP contribution in [0.1, 0.15) is 58.7 Å². The van der Waals surface area contributed by atoms with Gasteiger partial charge in [-0.2, -0.15) is 0 Å². The van der Waals surface area contributed by atoms with Crippen molar-refractivity contribution in [2.24, 2.45) is 0 Å². The molecule has 0 bridgehead atoms. The molecule has 2 amide bonds. The van der Waals surface area contributed by atoms with E-state index in [9.17, 15) is 14.4 Å². The number of hydrogen-bond acceptors (Lipinski definition) is 5. The van der Waals surface area contributed by atoms with Crippen LogP contribution in [0.3, 0.4) is 0 Å². The quantitative estimate of drug-likeness (QED) is 0.501. The number of anilines is 2. The summed E-state index contributed by atoms with van der Waals surface area (Å²) in [6, 6.07) is 5.76. The molecule has 0 saturated heterocycles. The summed E-state index contributed by atoms with van der Waals surface area (Å²) in [7, 11) is 0. The molecule has 0 radical (unpaired) electrons. The Morgan fingerprint density at radius 2 is 1.85 bits per heavy atom. The summed E-state index contributed by atoms with van der Waals surface area (Å²) < 4.78 is 7.03. The summed E-state index contributed by atoms with van der Waals surface area (Å²) in [6.07, 6.45) is 4.04. The van der Waals surface area contributed by atoms with Crippen LogP contribution in [0, 0.1) is 13.8 Å². The summed E-state index contributed by atoms with van der Waals surface area (Å²) in [5.41, 5.74) is 4.78. The van der Waals surface area contributed by atoms with Crippen molar-refractivity contribution in [2.45, 2.75) is 59.9 Å². The highest BCUT2D eigenvalue weighted by atomic mass is 32.1. The second-order valence-corrected chi connectivity index (χ2v) is 9.53. The van der Waals surface area contributed by atoms with Gasteiger partial charge >= 0.3 is 5.97 Å². The second kappa shape index (κ2) is 9.39. The second-order valence-electron chi connectivity index (χ2n) is 8.45. The lowest BCUT2D eigenvalue weighted by atomic mass is 9.96. The lowest BCUT2D eigenvalue weighted by Gasteiger charge is -2.14. The highest BCUT2D eigenvalue weighted by Gasteiger charge is 2.31. The van der Waals surface area contributed by atoms with Gasteiger partial charge in [-0.1, -0.05) is 6.07 Å². The predicted octanol–water partition coefficient (Wildman–Crippen LogP) is 4.97. The Morgan fingerprint density at radius 3 is 2.55 bits per heavy atom. The van der Waals surface area contributed by atoms with Crippen LogP contribution in [0.4, 0.5) is 11.4 Å². The Morgan fingerprint density at radius 1 is 1.09 bits per heavy atom. The average Bonchev–Trinajstić information content (AvgIpc) is 3.26. The molecule has 0 spiro atoms. The number of aromatic nitrogens is 1. The number of rotatable bonds is 6. The van der Waals surface area contributed by atoms with Gasteiger partial charge in [-0.05, 0) is 75.3 Å². The van der Waals surface area contributed by atoms with Crippen LogP contribution in [0.15, 0.2) is 18.2 Å². The number of benzene rings is 1. The number of nitrogens with zero attached hydrogens (tertiary/aromatic N) is 1. The van der Waals surface area contributed by atoms with Crippen LogP contribution in [-0.2, 0) is 33.7 Å². The van der Waals surface area contributed by atoms with Gasteiger partial charge in [-0.25, -0.2) is 4.79 Å². The molecule has 1 aromatic carbocycles. The molecular formula is C25H29N3O4S. The van der Waals surface area contributed by atoms with Crippen LogP contribution in [0.5, 0.6) is 0 Å². The number of amides is 2. The molecule has 4 rings (SSSR count). The summed E-state index contributed by atoms with van der Waals surface area (Å²) in [6.45, 7) is 7.31. The van der Waals surface area contributed by atoms with Crippen LogP contribution in [-0.4, -0.2) is 29.0 Å². The Labute approximate surface area is 197 Å². The molecule has 2 N–H and O–H groups in total. The van der Waals surface area contributed by atoms with Crippen molar-refractivity contribution in [2.75, 3.05) is 17.2 Å². The standard InChI is InChI=1S/C25H29N3O4S/c1-5-32-25(31)23-22(26-16(4)29)21-18-8-6-7-9-19(18)33-24(21)28(23)13-20(30)27-17-11-10-14(2)15(3)12-17/h10-12H,5-9,13H2,1-4H3,(H,26,29)(H,27,30). The summed E-state index contributed by atoms with van der Waals surface area (Å²) in [4.78, 5) is 40.2. The van der Waals surface area contributed by atoms with E-state index in [0.29, 0.717) is 11.4 Å². The van der Waals surface area contributed by atoms with E-state index >= 15 is 0 Å². The first kappa shape index (κ1) is 23.0. The summed E-state index contributed by atoms with van der Waals surface area (Å²) >= 11 is 1.60. The first-order valence-corrected chi connectivity index (χ1v) is 12.1. The van der Waals surface area contributed by atoms with Crippen molar-refractivity contribution in [3.8, 4) is 0 Å². The molecule has 7 nitrogen and oxygen atoms in total. The Kier molecular flexibility index (Phi) is 6.56. The fraction of sp³-hybridized carbons (Fsp3) is 0.400. The van der Waals surface area contributed by atoms with Gasteiger partial charge in [0.05, 0.1) is 12.3 Å². The molecule has 0 aliphatic heterocycles. The highest BCUT2D eigenvalue weighted by molar-refractivity contribution is 7.19. The lowest BCUT2D eigenvalue weighted by molar-refractivity contribution is -0.116. The number of aryl methyl sites for hydroxylation is 4. The SMILES string of the molecule is CCOC(=O)c1c(NC(C)=O)c2c3c(sc2n1CC(=O)Nc1ccc(C)c(C)c1)CCCC3. The fourth-order valence-corrected chi connectivity index (χ4v) is 5.78. The number of ether oxygens (including phenoxy) is 1. The molecule has 2 heterocycles. The first-order valence-electron chi connectivity index (χ1n) is 11.3. The summed E-state index contributed by atoms with van der Waals surface area (Å²) in [5.74, 6) is -1.07. The van der Waals surface area contributed by atoms with Gasteiger partial charge in [-0.15, -0.1) is 11.3 Å². The molecule has 1 aliphatic rings. The molecular weight excluding hydrogens is 438 g/mol. The fourth-order valence-electron chi connectivity index (χ4n) is 4.38. The Bertz CT molecular complexity index is 1250. The topological polar surface area (TPSA) is 89.4 Å². The highest BCUT2D eigenvalue weighted by Crippen LogP contribution is 2.44. The average molecular weight is 468 g/mol. The lowest BCUT2D eigenvalue weighted by Crippen LogP contribution is -2.23. The zero-order chi connectivity index (χ0) is 23.7. The van der Waals surface area contributed by atoms with E-state index < -0.39 is 5.97 Å². The smallest absolute Gasteiger partial charge is 0.357 e. The number of carbonyl (C=O) groups excluding carboxylic acids is 3. The largest absolute Gasteiger partial charge is 0.461 e. The van der Waals surface area contributed by atoms with Crippen molar-refractivity contribution in [3.63, 3.8) is 0 Å². The minimum atomic E-state index is -0.548. The molecule has 0 fully saturated rings. The molecule has 0 unspecified atom stereocenters. The Hall–Kier alpha value is -3.13. The van der Waals surface area contributed by atoms with Gasteiger partial charge in [0, 0.05) is 22.9 Å². The predicted molar refractivity (Wildman–Crippen MR) is 131 cm³/mol. The minimum absolute atomic E-state index is 0.0590. The van der Waals surface area contributed by atoms with Crippen LogP contribution >= 0.6 is 11.3 Å². The third-order valence-electron chi connectivity index (χ3n) is 6.02. The van der Waals surface area contributed by atoms with E-state index in [4.69, 9.17) is 4.74 Å². The van der Waals surface area contributed by atoms with Crippen molar-refractivity contribution >= 4 is 50.7 Å². The van der Waals surface area contributed by atoms with Crippen molar-refractivity contribution in [1.82, 2.24) is 4.57 Å². The first-order chi connectivity index (χ1) is 15.8. The molecule has 3 aromatic rings. The number of carbonyl (C=O) groups is 3. The maximum Gasteiger partial charge on any atom is 0.357 e. The van der Waals surface area contributed by atoms with E-state index in [2.05, 4.69) is 10.6 Å². The zero-order valence-corrected chi connectivity index (χ0v) is 20.3. The molecule has 33 heavy (non-hydrogen) atoms. The maximum atomic E-state index is 13.1. The molecule has 0 saturated carbocycles. The maximum absolute atomic E-state index is 13.1. The number of nitrogens with one attached hydrogen (secondary N) is 2. The molecule has 0 atom stereocenters.